The number of esters is 1. The molecule has 3 heteroatoms. The van der Waals surface area contributed by atoms with E-state index >= 15 is 0 Å². The molecule has 1 unspecified atom stereocenters. The van der Waals surface area contributed by atoms with Crippen molar-refractivity contribution >= 4 is 12.0 Å². The smallest absolute Gasteiger partial charge is 0.338 e. The van der Waals surface area contributed by atoms with Crippen molar-refractivity contribution in [2.75, 3.05) is 0 Å². The van der Waals surface area contributed by atoms with Crippen molar-refractivity contribution in [3.63, 3.8) is 0 Å². The quantitative estimate of drug-likeness (QED) is 0.481. The summed E-state index contributed by atoms with van der Waals surface area (Å²) in [6.07, 6.45) is 3.56. The molecule has 1 aromatic carbocycles. The summed E-state index contributed by atoms with van der Waals surface area (Å²) in [5.74, 6) is 0.0802. The predicted octanol–water partition coefficient (Wildman–Crippen LogP) is 2.10. The average molecular weight is 230 g/mol. The van der Waals surface area contributed by atoms with Gasteiger partial charge in [-0.25, -0.2) is 4.79 Å². The lowest BCUT2D eigenvalue weighted by atomic mass is 9.95. The topological polar surface area (TPSA) is 46.5 Å². The van der Waals surface area contributed by atoms with Crippen LogP contribution in [0, 0.1) is 0 Å². The number of rotatable bonds is 2. The van der Waals surface area contributed by atoms with Crippen LogP contribution < -0.4 is 4.74 Å². The van der Waals surface area contributed by atoms with E-state index in [2.05, 4.69) is 6.58 Å². The van der Waals surface area contributed by atoms with Gasteiger partial charge in [0, 0.05) is 17.6 Å². The van der Waals surface area contributed by atoms with Crippen molar-refractivity contribution in [3.8, 4) is 5.75 Å². The number of hydrogen-bond acceptors (Lipinski definition) is 3. The summed E-state index contributed by atoms with van der Waals surface area (Å²) < 4.78 is 5.24. The number of ether oxygens (including phenoxy) is 1. The summed E-state index contributed by atoms with van der Waals surface area (Å²) >= 11 is 0. The van der Waals surface area contributed by atoms with Crippen LogP contribution in [0.3, 0.4) is 0 Å². The fraction of sp³-hybridized carbons (Fsp3) is 0.214. The molecule has 0 spiro atoms. The molecule has 0 saturated carbocycles. The van der Waals surface area contributed by atoms with Crippen molar-refractivity contribution in [2.24, 2.45) is 0 Å². The van der Waals surface area contributed by atoms with Gasteiger partial charge in [-0.1, -0.05) is 30.9 Å². The Hall–Kier alpha value is -1.87. The number of carbonyl (C=O) groups is 1. The van der Waals surface area contributed by atoms with Crippen molar-refractivity contribution in [3.05, 3.63) is 47.6 Å². The molecule has 0 amide bonds. The van der Waals surface area contributed by atoms with E-state index in [-0.39, 0.29) is 0 Å². The Bertz CT molecular complexity index is 500. The average Bonchev–Trinajstić information content (AvgIpc) is 2.28. The molecule has 0 heterocycles. The van der Waals surface area contributed by atoms with Crippen LogP contribution in [-0.2, 0) is 11.2 Å². The van der Waals surface area contributed by atoms with Gasteiger partial charge in [0.2, 0.25) is 0 Å². The van der Waals surface area contributed by atoms with Gasteiger partial charge >= 0.3 is 5.97 Å². The first-order valence-corrected chi connectivity index (χ1v) is 5.44. The Morgan fingerprint density at radius 3 is 3.00 bits per heavy atom. The zero-order valence-corrected chi connectivity index (χ0v) is 9.64. The molecule has 0 aromatic heterocycles. The van der Waals surface area contributed by atoms with Crippen molar-refractivity contribution in [1.29, 1.82) is 0 Å². The highest BCUT2D eigenvalue weighted by Crippen LogP contribution is 2.28. The maximum atomic E-state index is 11.5. The van der Waals surface area contributed by atoms with Gasteiger partial charge in [0.25, 0.3) is 0 Å². The highest BCUT2D eigenvalue weighted by Gasteiger charge is 2.16. The Kier molecular flexibility index (Phi) is 3.11. The van der Waals surface area contributed by atoms with Gasteiger partial charge in [0.1, 0.15) is 5.75 Å². The van der Waals surface area contributed by atoms with Crippen molar-refractivity contribution in [2.45, 2.75) is 19.4 Å². The van der Waals surface area contributed by atoms with Gasteiger partial charge in [0.05, 0.1) is 6.10 Å². The second-order valence-corrected chi connectivity index (χ2v) is 4.13. The van der Waals surface area contributed by atoms with Crippen molar-refractivity contribution < 1.29 is 14.6 Å². The monoisotopic (exact) mass is 230 g/mol. The van der Waals surface area contributed by atoms with E-state index in [4.69, 9.17) is 4.74 Å². The Labute approximate surface area is 100 Å². The van der Waals surface area contributed by atoms with Crippen LogP contribution >= 0.6 is 0 Å². The summed E-state index contributed by atoms with van der Waals surface area (Å²) in [6.45, 7) is 5.15. The maximum Gasteiger partial charge on any atom is 0.338 e. The van der Waals surface area contributed by atoms with E-state index in [1.54, 1.807) is 25.1 Å². The molecule has 0 bridgehead atoms. The molecule has 88 valence electrons. The van der Waals surface area contributed by atoms with Crippen LogP contribution in [0.2, 0.25) is 0 Å². The first-order valence-electron chi connectivity index (χ1n) is 5.44. The molecule has 1 aromatic rings. The van der Waals surface area contributed by atoms with E-state index < -0.39 is 12.1 Å². The van der Waals surface area contributed by atoms with Crippen LogP contribution in [0.15, 0.2) is 36.4 Å². The second kappa shape index (κ2) is 4.55. The minimum absolute atomic E-state index is 0.363. The van der Waals surface area contributed by atoms with Crippen LogP contribution in [0.5, 0.6) is 5.75 Å². The molecule has 1 aliphatic rings. The SMILES string of the molecule is C=C(C)C(=O)Oc1cccc2c1C=CC(O)C2. The zero-order chi connectivity index (χ0) is 12.4. The van der Waals surface area contributed by atoms with Crippen LogP contribution in [-0.4, -0.2) is 17.2 Å². The minimum atomic E-state index is -0.463. The first kappa shape index (κ1) is 11.6. The van der Waals surface area contributed by atoms with Gasteiger partial charge in [-0.2, -0.15) is 0 Å². The summed E-state index contributed by atoms with van der Waals surface area (Å²) in [6, 6.07) is 5.47. The van der Waals surface area contributed by atoms with E-state index in [0.717, 1.165) is 11.1 Å². The van der Waals surface area contributed by atoms with Crippen LogP contribution in [0.25, 0.3) is 6.08 Å². The first-order chi connectivity index (χ1) is 8.08. The molecule has 3 nitrogen and oxygen atoms in total. The lowest BCUT2D eigenvalue weighted by Crippen LogP contribution is -2.14. The van der Waals surface area contributed by atoms with Gasteiger partial charge in [-0.15, -0.1) is 0 Å². The number of aliphatic hydroxyl groups excluding tert-OH is 1. The summed E-state index contributed by atoms with van der Waals surface area (Å²) in [5, 5.41) is 9.51. The van der Waals surface area contributed by atoms with Gasteiger partial charge in [0.15, 0.2) is 0 Å². The third-order valence-electron chi connectivity index (χ3n) is 2.62. The molecule has 0 fully saturated rings. The standard InChI is InChI=1S/C14H14O3/c1-9(2)14(16)17-13-5-3-4-10-8-11(15)6-7-12(10)13/h3-7,11,15H,1,8H2,2H3. The maximum absolute atomic E-state index is 11.5. The van der Waals surface area contributed by atoms with E-state index in [1.807, 2.05) is 12.1 Å². The largest absolute Gasteiger partial charge is 0.423 e. The number of carbonyl (C=O) groups excluding carboxylic acids is 1. The fourth-order valence-electron chi connectivity index (χ4n) is 1.73. The summed E-state index contributed by atoms with van der Waals surface area (Å²) in [7, 11) is 0. The molecular weight excluding hydrogens is 216 g/mol. The van der Waals surface area contributed by atoms with E-state index in [9.17, 15) is 9.90 Å². The van der Waals surface area contributed by atoms with Crippen LogP contribution in [0.1, 0.15) is 18.1 Å². The molecule has 0 aliphatic heterocycles. The lowest BCUT2D eigenvalue weighted by Gasteiger charge is -2.17. The summed E-state index contributed by atoms with van der Waals surface area (Å²) in [5.41, 5.74) is 2.20. The lowest BCUT2D eigenvalue weighted by molar-refractivity contribution is -0.130. The summed E-state index contributed by atoms with van der Waals surface area (Å²) in [4.78, 5) is 11.5. The van der Waals surface area contributed by atoms with E-state index in [0.29, 0.717) is 17.7 Å². The molecule has 0 saturated heterocycles. The van der Waals surface area contributed by atoms with Gasteiger partial charge < -0.3 is 9.84 Å². The predicted molar refractivity (Wildman–Crippen MR) is 65.6 cm³/mol. The molecular formula is C14H14O3. The normalized spacial score (nSPS) is 17.4. The Morgan fingerprint density at radius 2 is 2.29 bits per heavy atom. The third kappa shape index (κ3) is 2.45. The highest BCUT2D eigenvalue weighted by molar-refractivity contribution is 5.89. The Morgan fingerprint density at radius 1 is 1.53 bits per heavy atom. The molecule has 2 rings (SSSR count). The number of fused-ring (bicyclic) bond motifs is 1. The Balaban J connectivity index is 2.33. The van der Waals surface area contributed by atoms with Crippen LogP contribution in [0.4, 0.5) is 0 Å². The fourth-order valence-corrected chi connectivity index (χ4v) is 1.73. The number of hydrogen-bond donors (Lipinski definition) is 1. The molecule has 0 radical (unpaired) electrons. The van der Waals surface area contributed by atoms with Gasteiger partial charge in [-0.3, -0.25) is 0 Å². The highest BCUT2D eigenvalue weighted by atomic mass is 16.5. The minimum Gasteiger partial charge on any atom is -0.423 e. The zero-order valence-electron chi connectivity index (χ0n) is 9.64. The number of aliphatic hydroxyl groups is 1. The molecule has 1 aliphatic carbocycles. The third-order valence-corrected chi connectivity index (χ3v) is 2.62. The molecule has 17 heavy (non-hydrogen) atoms. The van der Waals surface area contributed by atoms with Crippen molar-refractivity contribution in [1.82, 2.24) is 0 Å². The number of benzene rings is 1. The molecule has 1 atom stereocenters. The second-order valence-electron chi connectivity index (χ2n) is 4.13. The van der Waals surface area contributed by atoms with E-state index in [1.165, 1.54) is 0 Å². The van der Waals surface area contributed by atoms with Gasteiger partial charge in [-0.05, 0) is 18.6 Å². The molecule has 1 N–H and O–H groups in total.